The lowest BCUT2D eigenvalue weighted by atomic mass is 10.0. The van der Waals surface area contributed by atoms with Crippen LogP contribution in [0.5, 0.6) is 0 Å². The molecule has 1 fully saturated rings. The lowest BCUT2D eigenvalue weighted by Crippen LogP contribution is -2.44. The molecule has 9 heteroatoms. The largest absolute Gasteiger partial charge is 0.460 e. The van der Waals surface area contributed by atoms with E-state index in [0.717, 1.165) is 24.2 Å². The third-order valence-electron chi connectivity index (χ3n) is 5.33. The number of likely N-dealkylation sites (tertiary alicyclic amines) is 1. The third-order valence-corrected chi connectivity index (χ3v) is 5.33. The molecule has 3 heterocycles. The number of aryl methyl sites for hydroxylation is 1. The molecule has 3 amide bonds. The Balaban J connectivity index is 2.01. The fourth-order valence-corrected chi connectivity index (χ4v) is 3.56. The molecule has 0 aromatic carbocycles. The maximum Gasteiger partial charge on any atom is 0.324 e. The van der Waals surface area contributed by atoms with E-state index >= 15 is 0 Å². The Hall–Kier alpha value is -3.46. The van der Waals surface area contributed by atoms with Gasteiger partial charge in [0.25, 0.3) is 0 Å². The van der Waals surface area contributed by atoms with Crippen molar-refractivity contribution in [3.8, 4) is 11.5 Å². The molecule has 0 saturated carbocycles. The molecule has 0 aliphatic carbocycles. The molecule has 33 heavy (non-hydrogen) atoms. The van der Waals surface area contributed by atoms with Crippen LogP contribution >= 0.6 is 0 Å². The van der Waals surface area contributed by atoms with E-state index < -0.39 is 6.10 Å². The van der Waals surface area contributed by atoms with E-state index in [2.05, 4.69) is 15.3 Å². The quantitative estimate of drug-likeness (QED) is 0.487. The number of carbonyl (C=O) groups excluding carboxylic acids is 2. The number of hydrogen-bond acceptors (Lipinski definition) is 6. The number of hydrogen-bond donors (Lipinski definition) is 2. The first-order chi connectivity index (χ1) is 15.8. The molecule has 2 aromatic rings. The van der Waals surface area contributed by atoms with Crippen LogP contribution < -0.4 is 5.32 Å². The molecular weight excluding hydrogens is 422 g/mol. The second kappa shape index (κ2) is 10.9. The lowest BCUT2D eigenvalue weighted by molar-refractivity contribution is -0.117. The van der Waals surface area contributed by atoms with Gasteiger partial charge >= 0.3 is 6.03 Å². The van der Waals surface area contributed by atoms with Gasteiger partial charge in [0.2, 0.25) is 12.4 Å². The zero-order valence-corrected chi connectivity index (χ0v) is 19.5. The number of anilines is 1. The molecule has 2 aromatic heterocycles. The number of aromatic nitrogens is 2. The molecule has 2 N–H and O–H groups in total. The number of furan rings is 1. The Morgan fingerprint density at radius 2 is 2.18 bits per heavy atom. The average Bonchev–Trinajstić information content (AvgIpc) is 3.22. The summed E-state index contributed by atoms with van der Waals surface area (Å²) in [5.41, 5.74) is 1.87. The molecule has 3 rings (SSSR count). The van der Waals surface area contributed by atoms with Gasteiger partial charge in [-0.25, -0.2) is 14.8 Å². The Kier molecular flexibility index (Phi) is 8.00. The van der Waals surface area contributed by atoms with E-state index in [1.807, 2.05) is 45.9 Å². The van der Waals surface area contributed by atoms with Crippen LogP contribution in [0.3, 0.4) is 0 Å². The van der Waals surface area contributed by atoms with Crippen molar-refractivity contribution in [1.82, 2.24) is 19.8 Å². The Labute approximate surface area is 193 Å². The number of carbonyl (C=O) groups is 2. The van der Waals surface area contributed by atoms with Gasteiger partial charge in [0.1, 0.15) is 11.5 Å². The standard InChI is InChI=1S/C24H31N5O4/c1-5-7-18(13-29(15-30)16(2)3)20-12-25-23(26-22(20)21-10-9-17(4)33-21)27-24(32)28-11-6-8-19(31)14-28/h5,7,9-10,12-13,15-16,19,31H,6,8,11,14H2,1-4H3,(H,25,26,27,32)/b7-5-,18-13+. The number of aliphatic hydroxyl groups is 1. The molecule has 1 aliphatic rings. The van der Waals surface area contributed by atoms with Crippen molar-refractivity contribution < 1.29 is 19.1 Å². The zero-order chi connectivity index (χ0) is 24.0. The van der Waals surface area contributed by atoms with Crippen LogP contribution in [0.4, 0.5) is 10.7 Å². The number of amides is 3. The van der Waals surface area contributed by atoms with Crippen LogP contribution in [0.25, 0.3) is 17.0 Å². The fraction of sp³-hybridized carbons (Fsp3) is 0.417. The smallest absolute Gasteiger partial charge is 0.324 e. The summed E-state index contributed by atoms with van der Waals surface area (Å²) in [5, 5.41) is 12.6. The number of allylic oxidation sites excluding steroid dienone is 3. The van der Waals surface area contributed by atoms with Crippen molar-refractivity contribution in [2.45, 2.75) is 52.7 Å². The number of β-amino-alcohol motifs (C(OH)–C–C–N with tert-alkyl or cyclic N) is 1. The maximum atomic E-state index is 12.7. The average molecular weight is 454 g/mol. The summed E-state index contributed by atoms with van der Waals surface area (Å²) in [6.45, 7) is 8.40. The van der Waals surface area contributed by atoms with Crippen molar-refractivity contribution in [3.05, 3.63) is 48.0 Å². The van der Waals surface area contributed by atoms with Gasteiger partial charge in [0, 0.05) is 42.7 Å². The fourth-order valence-electron chi connectivity index (χ4n) is 3.56. The van der Waals surface area contributed by atoms with Gasteiger partial charge in [0.05, 0.1) is 6.10 Å². The minimum atomic E-state index is -0.523. The van der Waals surface area contributed by atoms with Gasteiger partial charge in [-0.15, -0.1) is 0 Å². The molecule has 1 saturated heterocycles. The SMILES string of the molecule is C/C=C\C(=C/N(C=O)C(C)C)c1cnc(NC(=O)N2CCCC(O)C2)nc1-c1ccc(C)o1. The molecule has 0 bridgehead atoms. The van der Waals surface area contributed by atoms with Gasteiger partial charge in [-0.05, 0) is 52.7 Å². The van der Waals surface area contributed by atoms with Crippen molar-refractivity contribution in [2.24, 2.45) is 0 Å². The first-order valence-electron chi connectivity index (χ1n) is 11.1. The highest BCUT2D eigenvalue weighted by molar-refractivity contribution is 5.89. The summed E-state index contributed by atoms with van der Waals surface area (Å²) >= 11 is 0. The number of aliphatic hydroxyl groups excluding tert-OH is 1. The van der Waals surface area contributed by atoms with Crippen molar-refractivity contribution >= 4 is 24.0 Å². The highest BCUT2D eigenvalue weighted by Gasteiger charge is 2.23. The van der Waals surface area contributed by atoms with Crippen molar-refractivity contribution in [3.63, 3.8) is 0 Å². The number of nitrogens with one attached hydrogen (secondary N) is 1. The van der Waals surface area contributed by atoms with Crippen LogP contribution in [0, 0.1) is 6.92 Å². The van der Waals surface area contributed by atoms with Gasteiger partial charge in [0.15, 0.2) is 5.76 Å². The zero-order valence-electron chi connectivity index (χ0n) is 19.5. The third kappa shape index (κ3) is 6.07. The van der Waals surface area contributed by atoms with Gasteiger partial charge in [-0.3, -0.25) is 10.1 Å². The Morgan fingerprint density at radius 3 is 2.79 bits per heavy atom. The summed E-state index contributed by atoms with van der Waals surface area (Å²) < 4.78 is 5.83. The molecule has 1 unspecified atom stereocenters. The maximum absolute atomic E-state index is 12.7. The summed E-state index contributed by atoms with van der Waals surface area (Å²) in [5.74, 6) is 1.37. The summed E-state index contributed by atoms with van der Waals surface area (Å²) in [6.07, 6.45) is 8.75. The highest BCUT2D eigenvalue weighted by atomic mass is 16.3. The Morgan fingerprint density at radius 1 is 1.39 bits per heavy atom. The topological polar surface area (TPSA) is 112 Å². The monoisotopic (exact) mass is 453 g/mol. The van der Waals surface area contributed by atoms with Crippen LogP contribution in [-0.2, 0) is 4.79 Å². The summed E-state index contributed by atoms with van der Waals surface area (Å²) in [4.78, 5) is 36.3. The number of urea groups is 1. The van der Waals surface area contributed by atoms with E-state index in [1.165, 1.54) is 0 Å². The van der Waals surface area contributed by atoms with E-state index in [-0.39, 0.29) is 24.6 Å². The van der Waals surface area contributed by atoms with E-state index in [4.69, 9.17) is 4.42 Å². The minimum absolute atomic E-state index is 0.0311. The van der Waals surface area contributed by atoms with Crippen molar-refractivity contribution in [1.29, 1.82) is 0 Å². The van der Waals surface area contributed by atoms with Crippen LogP contribution in [-0.4, -0.2) is 62.6 Å². The molecule has 0 spiro atoms. The number of rotatable bonds is 7. The van der Waals surface area contributed by atoms with Crippen LogP contribution in [0.1, 0.15) is 44.9 Å². The van der Waals surface area contributed by atoms with Gasteiger partial charge < -0.3 is 19.3 Å². The molecule has 1 aliphatic heterocycles. The first-order valence-corrected chi connectivity index (χ1v) is 11.1. The lowest BCUT2D eigenvalue weighted by Gasteiger charge is -2.29. The normalized spacial score (nSPS) is 17.0. The van der Waals surface area contributed by atoms with Crippen LogP contribution in [0.15, 0.2) is 41.1 Å². The van der Waals surface area contributed by atoms with E-state index in [0.29, 0.717) is 30.0 Å². The first kappa shape index (κ1) is 24.2. The van der Waals surface area contributed by atoms with Gasteiger partial charge in [-0.2, -0.15) is 0 Å². The summed E-state index contributed by atoms with van der Waals surface area (Å²) in [7, 11) is 0. The molecule has 1 atom stereocenters. The molecule has 176 valence electrons. The number of piperidine rings is 1. The van der Waals surface area contributed by atoms with E-state index in [1.54, 1.807) is 28.3 Å². The van der Waals surface area contributed by atoms with Crippen molar-refractivity contribution in [2.75, 3.05) is 18.4 Å². The molecule has 9 nitrogen and oxygen atoms in total. The van der Waals surface area contributed by atoms with Crippen LogP contribution in [0.2, 0.25) is 0 Å². The highest BCUT2D eigenvalue weighted by Crippen LogP contribution is 2.30. The van der Waals surface area contributed by atoms with E-state index in [9.17, 15) is 14.7 Å². The molecule has 0 radical (unpaired) electrons. The number of nitrogens with zero attached hydrogens (tertiary/aromatic N) is 4. The Bertz CT molecular complexity index is 1040. The second-order valence-corrected chi connectivity index (χ2v) is 8.27. The predicted molar refractivity (Wildman–Crippen MR) is 126 cm³/mol. The summed E-state index contributed by atoms with van der Waals surface area (Å²) in [6, 6.07) is 3.25. The molecular formula is C24H31N5O4. The predicted octanol–water partition coefficient (Wildman–Crippen LogP) is 3.82. The minimum Gasteiger partial charge on any atom is -0.460 e. The van der Waals surface area contributed by atoms with Gasteiger partial charge in [-0.1, -0.05) is 12.2 Å². The second-order valence-electron chi connectivity index (χ2n) is 8.27.